The monoisotopic (exact) mass is 357 g/mol. The molecule has 7 heteroatoms. The summed E-state index contributed by atoms with van der Waals surface area (Å²) in [5, 5.41) is 6.04. The first-order valence-electron chi connectivity index (χ1n) is 8.05. The molecule has 1 aliphatic heterocycles. The van der Waals surface area contributed by atoms with Crippen LogP contribution in [0.3, 0.4) is 0 Å². The summed E-state index contributed by atoms with van der Waals surface area (Å²) < 4.78 is 0. The van der Waals surface area contributed by atoms with Crippen LogP contribution in [0.2, 0.25) is 0 Å². The van der Waals surface area contributed by atoms with Gasteiger partial charge in [-0.25, -0.2) is 0 Å². The number of hydrogen-bond donors (Lipinski definition) is 2. The fraction of sp³-hybridized carbons (Fsp3) is 0.625. The van der Waals surface area contributed by atoms with Crippen LogP contribution >= 0.6 is 23.7 Å². The van der Waals surface area contributed by atoms with Crippen LogP contribution in [0.25, 0.3) is 0 Å². The Labute approximate surface area is 147 Å². The van der Waals surface area contributed by atoms with Gasteiger partial charge >= 0.3 is 0 Å². The number of halogens is 1. The number of carbonyl (C=O) groups excluding carboxylic acids is 2. The van der Waals surface area contributed by atoms with Gasteiger partial charge in [0.2, 0.25) is 5.91 Å². The van der Waals surface area contributed by atoms with Gasteiger partial charge in [0.1, 0.15) is 0 Å². The third-order valence-electron chi connectivity index (χ3n) is 4.44. The molecule has 0 unspecified atom stereocenters. The fourth-order valence-electron chi connectivity index (χ4n) is 3.16. The number of hydrogen-bond acceptors (Lipinski definition) is 4. The average molecular weight is 358 g/mol. The zero-order chi connectivity index (χ0) is 15.5. The van der Waals surface area contributed by atoms with E-state index in [0.717, 1.165) is 30.8 Å². The molecule has 2 N–H and O–H groups in total. The summed E-state index contributed by atoms with van der Waals surface area (Å²) in [4.78, 5) is 28.4. The van der Waals surface area contributed by atoms with Crippen LogP contribution in [-0.4, -0.2) is 48.9 Å². The highest BCUT2D eigenvalue weighted by atomic mass is 35.5. The highest BCUT2D eigenvalue weighted by Crippen LogP contribution is 2.29. The number of piperazine rings is 1. The van der Waals surface area contributed by atoms with Crippen molar-refractivity contribution < 1.29 is 9.59 Å². The van der Waals surface area contributed by atoms with Crippen LogP contribution in [-0.2, 0) is 17.6 Å². The van der Waals surface area contributed by atoms with Crippen molar-refractivity contribution in [3.8, 4) is 0 Å². The first-order chi connectivity index (χ1) is 10.6. The molecule has 128 valence electrons. The number of nitrogens with one attached hydrogen (secondary N) is 2. The maximum atomic E-state index is 12.2. The van der Waals surface area contributed by atoms with E-state index in [2.05, 4.69) is 10.6 Å². The molecule has 1 aliphatic carbocycles. The topological polar surface area (TPSA) is 61.4 Å². The molecule has 0 saturated carbocycles. The second-order valence-electron chi connectivity index (χ2n) is 6.09. The summed E-state index contributed by atoms with van der Waals surface area (Å²) in [6.45, 7) is 4.47. The highest BCUT2D eigenvalue weighted by Gasteiger charge is 2.23. The molecule has 0 bridgehead atoms. The van der Waals surface area contributed by atoms with Crippen LogP contribution < -0.4 is 10.6 Å². The van der Waals surface area contributed by atoms with Gasteiger partial charge in [-0.1, -0.05) is 0 Å². The Morgan fingerprint density at radius 3 is 2.91 bits per heavy atom. The lowest BCUT2D eigenvalue weighted by Gasteiger charge is -2.34. The zero-order valence-corrected chi connectivity index (χ0v) is 15.0. The second kappa shape index (κ2) is 8.13. The Morgan fingerprint density at radius 1 is 1.39 bits per heavy atom. The molecule has 1 saturated heterocycles. The van der Waals surface area contributed by atoms with Gasteiger partial charge in [0.05, 0.1) is 11.4 Å². The number of thiophene rings is 1. The standard InChI is InChI=1S/C16H23N3O2S.ClH/c1-11-9-17-6-7-19(11)15(20)10-18-16(21)14-8-12-4-2-3-5-13(12)22-14;/h8,11,17H,2-7,9-10H2,1H3,(H,18,21);1H/t11-;/m0./s1. The normalized spacial score (nSPS) is 20.4. The lowest BCUT2D eigenvalue weighted by molar-refractivity contribution is -0.132. The molecule has 1 aromatic heterocycles. The summed E-state index contributed by atoms with van der Waals surface area (Å²) in [6.07, 6.45) is 4.60. The molecule has 5 nitrogen and oxygen atoms in total. The van der Waals surface area contributed by atoms with Crippen molar-refractivity contribution >= 4 is 35.6 Å². The van der Waals surface area contributed by atoms with Crippen LogP contribution in [0.5, 0.6) is 0 Å². The number of aryl methyl sites for hydroxylation is 2. The Kier molecular flexibility index (Phi) is 6.44. The van der Waals surface area contributed by atoms with Gasteiger partial charge in [-0.2, -0.15) is 0 Å². The number of fused-ring (bicyclic) bond motifs is 1. The molecular weight excluding hydrogens is 334 g/mol. The van der Waals surface area contributed by atoms with E-state index in [0.29, 0.717) is 6.54 Å². The molecule has 0 radical (unpaired) electrons. The van der Waals surface area contributed by atoms with E-state index in [-0.39, 0.29) is 36.8 Å². The number of nitrogens with zero attached hydrogens (tertiary/aromatic N) is 1. The number of rotatable bonds is 3. The molecule has 1 atom stereocenters. The van der Waals surface area contributed by atoms with Crippen LogP contribution in [0, 0.1) is 0 Å². The Balaban J connectivity index is 0.00000192. The fourth-order valence-corrected chi connectivity index (χ4v) is 4.33. The van der Waals surface area contributed by atoms with Gasteiger partial charge in [-0.05, 0) is 44.2 Å². The predicted octanol–water partition coefficient (Wildman–Crippen LogP) is 1.60. The van der Waals surface area contributed by atoms with E-state index < -0.39 is 0 Å². The molecule has 0 aromatic carbocycles. The first kappa shape index (κ1) is 18.2. The van der Waals surface area contributed by atoms with E-state index >= 15 is 0 Å². The van der Waals surface area contributed by atoms with E-state index in [9.17, 15) is 9.59 Å². The molecule has 1 fully saturated rings. The molecule has 23 heavy (non-hydrogen) atoms. The molecule has 2 amide bonds. The van der Waals surface area contributed by atoms with Crippen molar-refractivity contribution in [3.63, 3.8) is 0 Å². The van der Waals surface area contributed by atoms with Gasteiger partial charge in [-0.3, -0.25) is 9.59 Å². The zero-order valence-electron chi connectivity index (χ0n) is 13.4. The summed E-state index contributed by atoms with van der Waals surface area (Å²) in [5.41, 5.74) is 1.32. The summed E-state index contributed by atoms with van der Waals surface area (Å²) in [7, 11) is 0. The third-order valence-corrected chi connectivity index (χ3v) is 5.68. The lowest BCUT2D eigenvalue weighted by atomic mass is 9.99. The molecular formula is C16H24ClN3O2S. The molecule has 2 aliphatic rings. The van der Waals surface area contributed by atoms with E-state index in [1.807, 2.05) is 17.9 Å². The first-order valence-corrected chi connectivity index (χ1v) is 8.87. The minimum Gasteiger partial charge on any atom is -0.342 e. The van der Waals surface area contributed by atoms with Crippen LogP contribution in [0.1, 0.15) is 39.9 Å². The van der Waals surface area contributed by atoms with Crippen molar-refractivity contribution in [2.75, 3.05) is 26.2 Å². The van der Waals surface area contributed by atoms with Crippen LogP contribution in [0.15, 0.2) is 6.07 Å². The Hall–Kier alpha value is -1.11. The van der Waals surface area contributed by atoms with Crippen molar-refractivity contribution in [1.82, 2.24) is 15.5 Å². The third kappa shape index (κ3) is 4.25. The summed E-state index contributed by atoms with van der Waals surface area (Å²) in [5.74, 6) is -0.112. The van der Waals surface area contributed by atoms with Crippen LogP contribution in [0.4, 0.5) is 0 Å². The minimum absolute atomic E-state index is 0. The molecule has 2 heterocycles. The molecule has 3 rings (SSSR count). The van der Waals surface area contributed by atoms with Crippen molar-refractivity contribution in [3.05, 3.63) is 21.4 Å². The van der Waals surface area contributed by atoms with Gasteiger partial charge in [0, 0.05) is 30.6 Å². The minimum atomic E-state index is -0.115. The van der Waals surface area contributed by atoms with E-state index in [1.54, 1.807) is 11.3 Å². The molecule has 1 aromatic rings. The molecule has 0 spiro atoms. The Bertz CT molecular complexity index is 552. The van der Waals surface area contributed by atoms with Crippen molar-refractivity contribution in [2.45, 2.75) is 38.6 Å². The van der Waals surface area contributed by atoms with E-state index in [1.165, 1.54) is 23.3 Å². The SMILES string of the molecule is C[C@H]1CNCCN1C(=O)CNC(=O)c1cc2c(s1)CCCC2.Cl. The van der Waals surface area contributed by atoms with E-state index in [4.69, 9.17) is 0 Å². The second-order valence-corrected chi connectivity index (χ2v) is 7.23. The highest BCUT2D eigenvalue weighted by molar-refractivity contribution is 7.14. The van der Waals surface area contributed by atoms with Crippen molar-refractivity contribution in [2.24, 2.45) is 0 Å². The van der Waals surface area contributed by atoms with Gasteiger partial charge < -0.3 is 15.5 Å². The maximum absolute atomic E-state index is 12.2. The van der Waals surface area contributed by atoms with Gasteiger partial charge in [0.15, 0.2) is 0 Å². The van der Waals surface area contributed by atoms with Gasteiger partial charge in [-0.15, -0.1) is 23.7 Å². The number of amides is 2. The lowest BCUT2D eigenvalue weighted by Crippen LogP contribution is -2.54. The van der Waals surface area contributed by atoms with Gasteiger partial charge in [0.25, 0.3) is 5.91 Å². The average Bonchev–Trinajstić information content (AvgIpc) is 2.97. The summed E-state index contributed by atoms with van der Waals surface area (Å²) >= 11 is 1.58. The predicted molar refractivity (Wildman–Crippen MR) is 94.6 cm³/mol. The Morgan fingerprint density at radius 2 is 2.17 bits per heavy atom. The van der Waals surface area contributed by atoms with Crippen molar-refractivity contribution in [1.29, 1.82) is 0 Å². The largest absolute Gasteiger partial charge is 0.342 e. The quantitative estimate of drug-likeness (QED) is 0.863. The maximum Gasteiger partial charge on any atom is 0.261 e. The summed E-state index contributed by atoms with van der Waals surface area (Å²) in [6, 6.07) is 2.19. The smallest absolute Gasteiger partial charge is 0.261 e. The number of carbonyl (C=O) groups is 2.